The van der Waals surface area contributed by atoms with E-state index >= 15 is 0 Å². The lowest BCUT2D eigenvalue weighted by atomic mass is 9.96. The normalized spacial score (nSPS) is 16.4. The highest BCUT2D eigenvalue weighted by molar-refractivity contribution is 5.52. The second-order valence-corrected chi connectivity index (χ2v) is 6.90. The van der Waals surface area contributed by atoms with Crippen LogP contribution in [0, 0.1) is 19.8 Å². The lowest BCUT2D eigenvalue weighted by molar-refractivity contribution is 0.182. The summed E-state index contributed by atoms with van der Waals surface area (Å²) in [5, 5.41) is 3.67. The van der Waals surface area contributed by atoms with Crippen molar-refractivity contribution in [2.75, 3.05) is 25.0 Å². The van der Waals surface area contributed by atoms with Gasteiger partial charge >= 0.3 is 0 Å². The SMILES string of the molecule is Cc1ccc(C)c(NCC2CCN(Cc3ccccc3)CC2)c1. The number of hydrogen-bond donors (Lipinski definition) is 1. The highest BCUT2D eigenvalue weighted by atomic mass is 15.1. The number of anilines is 1. The Morgan fingerprint density at radius 1 is 1.00 bits per heavy atom. The predicted molar refractivity (Wildman–Crippen MR) is 98.8 cm³/mol. The van der Waals surface area contributed by atoms with Crippen molar-refractivity contribution < 1.29 is 0 Å². The molecule has 2 aromatic rings. The Kier molecular flexibility index (Phi) is 5.35. The van der Waals surface area contributed by atoms with E-state index in [2.05, 4.69) is 72.6 Å². The summed E-state index contributed by atoms with van der Waals surface area (Å²) in [7, 11) is 0. The maximum atomic E-state index is 3.67. The summed E-state index contributed by atoms with van der Waals surface area (Å²) in [5.41, 5.74) is 5.41. The Balaban J connectivity index is 1.45. The molecular formula is C21H28N2. The Morgan fingerprint density at radius 2 is 1.74 bits per heavy atom. The van der Waals surface area contributed by atoms with E-state index in [1.807, 2.05) is 0 Å². The van der Waals surface area contributed by atoms with Gasteiger partial charge in [-0.15, -0.1) is 0 Å². The fourth-order valence-electron chi connectivity index (χ4n) is 3.37. The van der Waals surface area contributed by atoms with E-state index in [0.717, 1.165) is 19.0 Å². The van der Waals surface area contributed by atoms with Crippen LogP contribution in [0.5, 0.6) is 0 Å². The molecule has 1 N–H and O–H groups in total. The van der Waals surface area contributed by atoms with Crippen LogP contribution in [0.25, 0.3) is 0 Å². The van der Waals surface area contributed by atoms with Crippen molar-refractivity contribution in [1.29, 1.82) is 0 Å². The van der Waals surface area contributed by atoms with E-state index < -0.39 is 0 Å². The number of nitrogens with zero attached hydrogens (tertiary/aromatic N) is 1. The number of piperidine rings is 1. The maximum Gasteiger partial charge on any atom is 0.0372 e. The number of hydrogen-bond acceptors (Lipinski definition) is 2. The average molecular weight is 308 g/mol. The van der Waals surface area contributed by atoms with E-state index in [9.17, 15) is 0 Å². The molecule has 1 fully saturated rings. The van der Waals surface area contributed by atoms with Crippen molar-refractivity contribution in [3.63, 3.8) is 0 Å². The minimum absolute atomic E-state index is 0.793. The summed E-state index contributed by atoms with van der Waals surface area (Å²) in [6, 6.07) is 17.5. The van der Waals surface area contributed by atoms with Gasteiger partial charge in [-0.1, -0.05) is 42.5 Å². The predicted octanol–water partition coefficient (Wildman–Crippen LogP) is 4.63. The summed E-state index contributed by atoms with van der Waals surface area (Å²) in [4.78, 5) is 2.59. The van der Waals surface area contributed by atoms with Crippen LogP contribution < -0.4 is 5.32 Å². The molecule has 2 aromatic carbocycles. The van der Waals surface area contributed by atoms with Gasteiger partial charge in [0.15, 0.2) is 0 Å². The molecule has 3 rings (SSSR count). The van der Waals surface area contributed by atoms with Crippen LogP contribution in [-0.2, 0) is 6.54 Å². The van der Waals surface area contributed by atoms with E-state index in [1.165, 1.54) is 48.3 Å². The lowest BCUT2D eigenvalue weighted by Gasteiger charge is -2.32. The Labute approximate surface area is 140 Å². The van der Waals surface area contributed by atoms with Crippen LogP contribution >= 0.6 is 0 Å². The molecule has 0 amide bonds. The molecule has 1 aliphatic heterocycles. The molecule has 0 aromatic heterocycles. The van der Waals surface area contributed by atoms with Crippen molar-refractivity contribution in [1.82, 2.24) is 4.90 Å². The molecule has 0 unspecified atom stereocenters. The van der Waals surface area contributed by atoms with Crippen molar-refractivity contribution in [3.05, 3.63) is 65.2 Å². The fourth-order valence-corrected chi connectivity index (χ4v) is 3.37. The number of benzene rings is 2. The van der Waals surface area contributed by atoms with Gasteiger partial charge in [-0.2, -0.15) is 0 Å². The largest absolute Gasteiger partial charge is 0.385 e. The molecule has 0 radical (unpaired) electrons. The summed E-state index contributed by atoms with van der Waals surface area (Å²) in [6.45, 7) is 8.97. The Hall–Kier alpha value is -1.80. The topological polar surface area (TPSA) is 15.3 Å². The minimum atomic E-state index is 0.793. The quantitative estimate of drug-likeness (QED) is 0.866. The van der Waals surface area contributed by atoms with Crippen LogP contribution in [0.15, 0.2) is 48.5 Å². The zero-order valence-corrected chi connectivity index (χ0v) is 14.4. The second kappa shape index (κ2) is 7.65. The van der Waals surface area contributed by atoms with Gasteiger partial charge in [-0.3, -0.25) is 4.90 Å². The van der Waals surface area contributed by atoms with Crippen molar-refractivity contribution in [2.24, 2.45) is 5.92 Å². The monoisotopic (exact) mass is 308 g/mol. The molecule has 122 valence electrons. The van der Waals surface area contributed by atoms with Crippen LogP contribution in [0.2, 0.25) is 0 Å². The molecule has 2 nitrogen and oxygen atoms in total. The highest BCUT2D eigenvalue weighted by Gasteiger charge is 2.19. The smallest absolute Gasteiger partial charge is 0.0372 e. The van der Waals surface area contributed by atoms with Gasteiger partial charge in [-0.05, 0) is 68.5 Å². The summed E-state index contributed by atoms with van der Waals surface area (Å²) in [6.07, 6.45) is 2.59. The van der Waals surface area contributed by atoms with Gasteiger partial charge in [0.1, 0.15) is 0 Å². The average Bonchev–Trinajstić information content (AvgIpc) is 2.58. The zero-order chi connectivity index (χ0) is 16.1. The van der Waals surface area contributed by atoms with Gasteiger partial charge in [-0.25, -0.2) is 0 Å². The molecule has 23 heavy (non-hydrogen) atoms. The first-order chi connectivity index (χ1) is 11.2. The number of likely N-dealkylation sites (tertiary alicyclic amines) is 1. The zero-order valence-electron chi connectivity index (χ0n) is 14.4. The first kappa shape index (κ1) is 16.1. The van der Waals surface area contributed by atoms with Crippen molar-refractivity contribution >= 4 is 5.69 Å². The maximum absolute atomic E-state index is 3.67. The molecule has 0 spiro atoms. The Bertz CT molecular complexity index is 613. The van der Waals surface area contributed by atoms with Crippen LogP contribution in [-0.4, -0.2) is 24.5 Å². The number of rotatable bonds is 5. The summed E-state index contributed by atoms with van der Waals surface area (Å²) in [5.74, 6) is 0.793. The molecule has 0 bridgehead atoms. The molecule has 1 saturated heterocycles. The highest BCUT2D eigenvalue weighted by Crippen LogP contribution is 2.22. The summed E-state index contributed by atoms with van der Waals surface area (Å²) >= 11 is 0. The molecular weight excluding hydrogens is 280 g/mol. The lowest BCUT2D eigenvalue weighted by Crippen LogP contribution is -2.35. The third-order valence-corrected chi connectivity index (χ3v) is 4.93. The van der Waals surface area contributed by atoms with Gasteiger partial charge in [0, 0.05) is 18.8 Å². The second-order valence-electron chi connectivity index (χ2n) is 6.90. The van der Waals surface area contributed by atoms with E-state index in [1.54, 1.807) is 0 Å². The van der Waals surface area contributed by atoms with E-state index in [-0.39, 0.29) is 0 Å². The van der Waals surface area contributed by atoms with Gasteiger partial charge in [0.25, 0.3) is 0 Å². The van der Waals surface area contributed by atoms with Gasteiger partial charge < -0.3 is 5.32 Å². The standard InChI is InChI=1S/C21H28N2/c1-17-8-9-18(2)21(14-17)22-15-19-10-12-23(13-11-19)16-20-6-4-3-5-7-20/h3-9,14,19,22H,10-13,15-16H2,1-2H3. The van der Waals surface area contributed by atoms with E-state index in [4.69, 9.17) is 0 Å². The molecule has 0 aliphatic carbocycles. The Morgan fingerprint density at radius 3 is 2.48 bits per heavy atom. The fraction of sp³-hybridized carbons (Fsp3) is 0.429. The molecule has 2 heteroatoms. The molecule has 0 saturated carbocycles. The minimum Gasteiger partial charge on any atom is -0.385 e. The van der Waals surface area contributed by atoms with E-state index in [0.29, 0.717) is 0 Å². The number of nitrogens with one attached hydrogen (secondary N) is 1. The van der Waals surface area contributed by atoms with Crippen LogP contribution in [0.1, 0.15) is 29.5 Å². The van der Waals surface area contributed by atoms with Crippen LogP contribution in [0.4, 0.5) is 5.69 Å². The molecule has 0 atom stereocenters. The third-order valence-electron chi connectivity index (χ3n) is 4.93. The third kappa shape index (κ3) is 4.59. The van der Waals surface area contributed by atoms with Crippen molar-refractivity contribution in [3.8, 4) is 0 Å². The van der Waals surface area contributed by atoms with Crippen molar-refractivity contribution in [2.45, 2.75) is 33.2 Å². The van der Waals surface area contributed by atoms with Gasteiger partial charge in [0.2, 0.25) is 0 Å². The van der Waals surface area contributed by atoms with Crippen LogP contribution in [0.3, 0.4) is 0 Å². The number of aryl methyl sites for hydroxylation is 2. The molecule has 1 heterocycles. The molecule has 1 aliphatic rings. The first-order valence-electron chi connectivity index (χ1n) is 8.78. The first-order valence-corrected chi connectivity index (χ1v) is 8.78. The summed E-state index contributed by atoms with van der Waals surface area (Å²) < 4.78 is 0. The van der Waals surface area contributed by atoms with Gasteiger partial charge in [0.05, 0.1) is 0 Å².